The Hall–Kier alpha value is -1.37. The first-order valence-electron chi connectivity index (χ1n) is 4.23. The zero-order chi connectivity index (χ0) is 10.7. The van der Waals surface area contributed by atoms with Crippen LogP contribution < -0.4 is 10.3 Å². The molecule has 15 heavy (non-hydrogen) atoms. The van der Waals surface area contributed by atoms with Gasteiger partial charge in [0.1, 0.15) is 9.32 Å². The third-order valence-corrected chi connectivity index (χ3v) is 2.67. The van der Waals surface area contributed by atoms with Crippen molar-refractivity contribution in [3.63, 3.8) is 0 Å². The number of halogens is 1. The van der Waals surface area contributed by atoms with Gasteiger partial charge in [0.05, 0.1) is 6.33 Å². The summed E-state index contributed by atoms with van der Waals surface area (Å²) in [5, 5.41) is 0. The van der Waals surface area contributed by atoms with Gasteiger partial charge in [-0.15, -0.1) is 0 Å². The van der Waals surface area contributed by atoms with Crippen molar-refractivity contribution < 1.29 is 4.74 Å². The van der Waals surface area contributed by atoms with Gasteiger partial charge in [-0.25, -0.2) is 4.98 Å². The summed E-state index contributed by atoms with van der Waals surface area (Å²) in [5.41, 5.74) is -0.198. The number of nitrogens with zero attached hydrogens (tertiary/aromatic N) is 1. The highest BCUT2D eigenvalue weighted by molar-refractivity contribution is 14.1. The van der Waals surface area contributed by atoms with Crippen molar-refractivity contribution >= 4 is 22.6 Å². The second-order valence-electron chi connectivity index (χ2n) is 2.77. The van der Waals surface area contributed by atoms with Crippen molar-refractivity contribution in [2.75, 3.05) is 0 Å². The molecule has 2 aromatic rings. The van der Waals surface area contributed by atoms with Crippen molar-refractivity contribution in [3.8, 4) is 11.6 Å². The van der Waals surface area contributed by atoms with E-state index < -0.39 is 0 Å². The molecule has 0 saturated heterocycles. The average molecular weight is 314 g/mol. The predicted molar refractivity (Wildman–Crippen MR) is 64.1 cm³/mol. The zero-order valence-electron chi connectivity index (χ0n) is 7.61. The molecule has 0 atom stereocenters. The van der Waals surface area contributed by atoms with E-state index >= 15 is 0 Å². The van der Waals surface area contributed by atoms with Gasteiger partial charge in [0.2, 0.25) is 5.88 Å². The lowest BCUT2D eigenvalue weighted by Crippen LogP contribution is -2.11. The van der Waals surface area contributed by atoms with Gasteiger partial charge in [-0.05, 0) is 34.7 Å². The van der Waals surface area contributed by atoms with Gasteiger partial charge in [0.25, 0.3) is 5.56 Å². The minimum Gasteiger partial charge on any atom is -0.438 e. The predicted octanol–water partition coefficient (Wildman–Crippen LogP) is 2.17. The first kappa shape index (κ1) is 10.2. The number of ether oxygens (including phenoxy) is 1. The quantitative estimate of drug-likeness (QED) is 0.864. The van der Waals surface area contributed by atoms with Crippen LogP contribution in [-0.2, 0) is 0 Å². The molecule has 0 aliphatic carbocycles. The van der Waals surface area contributed by atoms with Gasteiger partial charge in [0, 0.05) is 0 Å². The number of rotatable bonds is 2. The van der Waals surface area contributed by atoms with Crippen LogP contribution >= 0.6 is 22.6 Å². The molecule has 76 valence electrons. The molecule has 2 rings (SSSR count). The topological polar surface area (TPSA) is 55.0 Å². The van der Waals surface area contributed by atoms with Gasteiger partial charge >= 0.3 is 0 Å². The summed E-state index contributed by atoms with van der Waals surface area (Å²) in [6.45, 7) is 0. The maximum Gasteiger partial charge on any atom is 0.268 e. The van der Waals surface area contributed by atoms with Crippen LogP contribution in [0.5, 0.6) is 11.6 Å². The highest BCUT2D eigenvalue weighted by Gasteiger charge is 2.06. The lowest BCUT2D eigenvalue weighted by molar-refractivity contribution is 0.456. The number of hydrogen-bond acceptors (Lipinski definition) is 3. The molecule has 0 fully saturated rings. The highest BCUT2D eigenvalue weighted by atomic mass is 127. The van der Waals surface area contributed by atoms with Crippen molar-refractivity contribution in [2.45, 2.75) is 0 Å². The normalized spacial score (nSPS) is 9.93. The number of para-hydroxylation sites is 1. The SMILES string of the molecule is O=c1[nH]cnc(Oc2ccccc2)c1I. The fourth-order valence-electron chi connectivity index (χ4n) is 1.04. The van der Waals surface area contributed by atoms with Gasteiger partial charge in [-0.1, -0.05) is 18.2 Å². The summed E-state index contributed by atoms with van der Waals surface area (Å²) in [4.78, 5) is 17.7. The summed E-state index contributed by atoms with van der Waals surface area (Å²) in [6, 6.07) is 9.21. The molecule has 0 amide bonds. The first-order chi connectivity index (χ1) is 7.27. The van der Waals surface area contributed by atoms with E-state index in [1.54, 1.807) is 12.1 Å². The molecule has 1 N–H and O–H groups in total. The zero-order valence-corrected chi connectivity index (χ0v) is 9.76. The van der Waals surface area contributed by atoms with Crippen LogP contribution in [0.1, 0.15) is 0 Å². The molecule has 1 aromatic heterocycles. The Morgan fingerprint density at radius 3 is 2.73 bits per heavy atom. The summed E-state index contributed by atoms with van der Waals surface area (Å²) >= 11 is 1.90. The Morgan fingerprint density at radius 1 is 1.27 bits per heavy atom. The second-order valence-corrected chi connectivity index (χ2v) is 3.84. The Labute approximate surface area is 99.5 Å². The standard InChI is InChI=1S/C10H7IN2O2/c11-8-9(14)12-6-13-10(8)15-7-4-2-1-3-5-7/h1-6H,(H,12,13,14). The van der Waals surface area contributed by atoms with Crippen LogP contribution in [-0.4, -0.2) is 9.97 Å². The maximum absolute atomic E-state index is 11.2. The third kappa shape index (κ3) is 2.35. The molecule has 0 spiro atoms. The van der Waals surface area contributed by atoms with Crippen LogP contribution in [0.3, 0.4) is 0 Å². The van der Waals surface area contributed by atoms with Gasteiger partial charge in [0.15, 0.2) is 0 Å². The second kappa shape index (κ2) is 4.43. The van der Waals surface area contributed by atoms with E-state index in [1.165, 1.54) is 6.33 Å². The van der Waals surface area contributed by atoms with E-state index in [1.807, 2.05) is 40.8 Å². The number of H-pyrrole nitrogens is 1. The van der Waals surface area contributed by atoms with Crippen molar-refractivity contribution in [1.82, 2.24) is 9.97 Å². The molecule has 5 heteroatoms. The average Bonchev–Trinajstić information content (AvgIpc) is 2.26. The van der Waals surface area contributed by atoms with Crippen molar-refractivity contribution in [1.29, 1.82) is 0 Å². The number of benzene rings is 1. The molecular weight excluding hydrogens is 307 g/mol. The van der Waals surface area contributed by atoms with Crippen molar-refractivity contribution in [3.05, 3.63) is 50.6 Å². The molecular formula is C10H7IN2O2. The van der Waals surface area contributed by atoms with Crippen LogP contribution in [0.2, 0.25) is 0 Å². The third-order valence-electron chi connectivity index (χ3n) is 1.72. The van der Waals surface area contributed by atoms with Crippen LogP contribution in [0.25, 0.3) is 0 Å². The minimum atomic E-state index is -0.198. The summed E-state index contributed by atoms with van der Waals surface area (Å²) < 4.78 is 5.89. The van der Waals surface area contributed by atoms with Gasteiger partial charge in [-0.2, -0.15) is 0 Å². The fraction of sp³-hybridized carbons (Fsp3) is 0. The summed E-state index contributed by atoms with van der Waals surface area (Å²) in [7, 11) is 0. The first-order valence-corrected chi connectivity index (χ1v) is 5.31. The lowest BCUT2D eigenvalue weighted by Gasteiger charge is -2.04. The van der Waals surface area contributed by atoms with E-state index in [9.17, 15) is 4.79 Å². The Bertz CT molecular complexity index is 510. The molecule has 0 aliphatic heterocycles. The largest absolute Gasteiger partial charge is 0.438 e. The molecule has 0 radical (unpaired) electrons. The Morgan fingerprint density at radius 2 is 2.00 bits per heavy atom. The smallest absolute Gasteiger partial charge is 0.268 e. The molecule has 0 aliphatic rings. The number of hydrogen-bond donors (Lipinski definition) is 1. The number of aromatic amines is 1. The molecule has 0 bridgehead atoms. The molecule has 0 saturated carbocycles. The maximum atomic E-state index is 11.2. The molecule has 1 heterocycles. The summed E-state index contributed by atoms with van der Waals surface area (Å²) in [5.74, 6) is 0.985. The van der Waals surface area contributed by atoms with Crippen LogP contribution in [0.4, 0.5) is 0 Å². The number of nitrogens with one attached hydrogen (secondary N) is 1. The van der Waals surface area contributed by atoms with E-state index in [0.29, 0.717) is 15.2 Å². The molecule has 4 nitrogen and oxygen atoms in total. The van der Waals surface area contributed by atoms with Crippen molar-refractivity contribution in [2.24, 2.45) is 0 Å². The summed E-state index contributed by atoms with van der Waals surface area (Å²) in [6.07, 6.45) is 1.32. The Kier molecular flexibility index (Phi) is 3.00. The van der Waals surface area contributed by atoms with Gasteiger partial charge in [-0.3, -0.25) is 4.79 Å². The van der Waals surface area contributed by atoms with E-state index in [2.05, 4.69) is 9.97 Å². The van der Waals surface area contributed by atoms with E-state index in [-0.39, 0.29) is 5.56 Å². The Balaban J connectivity index is 2.33. The minimum absolute atomic E-state index is 0.198. The van der Waals surface area contributed by atoms with Gasteiger partial charge < -0.3 is 9.72 Å². The van der Waals surface area contributed by atoms with E-state index in [0.717, 1.165) is 0 Å². The monoisotopic (exact) mass is 314 g/mol. The molecule has 0 unspecified atom stereocenters. The molecule has 1 aromatic carbocycles. The van der Waals surface area contributed by atoms with Crippen LogP contribution in [0, 0.1) is 3.57 Å². The van der Waals surface area contributed by atoms with Crippen LogP contribution in [0.15, 0.2) is 41.5 Å². The number of aromatic nitrogens is 2. The lowest BCUT2D eigenvalue weighted by atomic mass is 10.3. The van der Waals surface area contributed by atoms with E-state index in [4.69, 9.17) is 4.74 Å². The fourth-order valence-corrected chi connectivity index (χ4v) is 1.44. The highest BCUT2D eigenvalue weighted by Crippen LogP contribution is 2.20.